The number of carbonyl (C=O) groups is 2. The van der Waals surface area contributed by atoms with Crippen molar-refractivity contribution < 1.29 is 14.7 Å². The van der Waals surface area contributed by atoms with Gasteiger partial charge in [0.1, 0.15) is 0 Å². The quantitative estimate of drug-likeness (QED) is 0.351. The van der Waals surface area contributed by atoms with Crippen LogP contribution in [-0.2, 0) is 9.59 Å². The van der Waals surface area contributed by atoms with E-state index in [4.69, 9.17) is 10.8 Å². The van der Waals surface area contributed by atoms with Gasteiger partial charge in [-0.2, -0.15) is 0 Å². The Morgan fingerprint density at radius 2 is 1.19 bits per heavy atom. The summed E-state index contributed by atoms with van der Waals surface area (Å²) in [5.41, 5.74) is 5.00. The van der Waals surface area contributed by atoms with E-state index in [-0.39, 0.29) is 5.91 Å². The maximum Gasteiger partial charge on any atom is 0.303 e. The number of rotatable bonds is 15. The van der Waals surface area contributed by atoms with Crippen molar-refractivity contribution in [2.75, 3.05) is 0 Å². The largest absolute Gasteiger partial charge is 0.481 e. The standard InChI is InChI=1S/C17H31NO3/c18-16(19)14-12-10-8-6-4-2-1-3-5-7-9-11-13-15-17(20)21/h12,14H,1-11,13,15H2,(H2,18,19)(H,20,21). The van der Waals surface area contributed by atoms with E-state index in [0.717, 1.165) is 25.7 Å². The molecule has 0 fully saturated rings. The number of primary amides is 1. The second-order valence-electron chi connectivity index (χ2n) is 5.63. The van der Waals surface area contributed by atoms with Gasteiger partial charge < -0.3 is 10.8 Å². The van der Waals surface area contributed by atoms with Gasteiger partial charge in [-0.15, -0.1) is 0 Å². The Morgan fingerprint density at radius 1 is 0.762 bits per heavy atom. The number of carbonyl (C=O) groups excluding carboxylic acids is 1. The summed E-state index contributed by atoms with van der Waals surface area (Å²) in [4.78, 5) is 20.8. The van der Waals surface area contributed by atoms with Gasteiger partial charge in [0.15, 0.2) is 0 Å². The molecule has 1 amide bonds. The Labute approximate surface area is 128 Å². The fourth-order valence-corrected chi connectivity index (χ4v) is 2.33. The summed E-state index contributed by atoms with van der Waals surface area (Å²) in [6, 6.07) is 0. The molecule has 4 nitrogen and oxygen atoms in total. The highest BCUT2D eigenvalue weighted by Gasteiger charge is 1.96. The molecule has 0 saturated heterocycles. The van der Waals surface area contributed by atoms with Gasteiger partial charge in [0.25, 0.3) is 0 Å². The first-order valence-electron chi connectivity index (χ1n) is 8.30. The van der Waals surface area contributed by atoms with E-state index in [1.54, 1.807) is 0 Å². The number of hydrogen-bond donors (Lipinski definition) is 2. The number of carboxylic acid groups (broad SMARTS) is 1. The van der Waals surface area contributed by atoms with Crippen LogP contribution in [-0.4, -0.2) is 17.0 Å². The lowest BCUT2D eigenvalue weighted by atomic mass is 10.0. The van der Waals surface area contributed by atoms with Crippen molar-refractivity contribution in [2.45, 2.75) is 83.5 Å². The third kappa shape index (κ3) is 18.7. The molecule has 0 aromatic heterocycles. The Kier molecular flexibility index (Phi) is 14.1. The molecule has 0 bridgehead atoms. The van der Waals surface area contributed by atoms with E-state index in [1.807, 2.05) is 6.08 Å². The Morgan fingerprint density at radius 3 is 1.62 bits per heavy atom. The van der Waals surface area contributed by atoms with Crippen LogP contribution in [0.3, 0.4) is 0 Å². The van der Waals surface area contributed by atoms with Gasteiger partial charge in [-0.25, -0.2) is 0 Å². The SMILES string of the molecule is NC(=O)C=CCCCCCCCCCCCCCC(=O)O. The molecule has 0 aliphatic rings. The van der Waals surface area contributed by atoms with Crippen LogP contribution in [0.4, 0.5) is 0 Å². The first kappa shape index (κ1) is 19.7. The minimum atomic E-state index is -0.680. The lowest BCUT2D eigenvalue weighted by Crippen LogP contribution is -2.05. The lowest BCUT2D eigenvalue weighted by molar-refractivity contribution is -0.137. The number of aliphatic carboxylic acids is 1. The van der Waals surface area contributed by atoms with Gasteiger partial charge in [-0.1, -0.05) is 63.9 Å². The second-order valence-corrected chi connectivity index (χ2v) is 5.63. The molecule has 0 atom stereocenters. The van der Waals surface area contributed by atoms with Crippen LogP contribution in [0.5, 0.6) is 0 Å². The van der Waals surface area contributed by atoms with Crippen LogP contribution >= 0.6 is 0 Å². The van der Waals surface area contributed by atoms with Crippen molar-refractivity contribution in [3.8, 4) is 0 Å². The molecule has 0 radical (unpaired) electrons. The third-order valence-electron chi connectivity index (χ3n) is 3.54. The monoisotopic (exact) mass is 297 g/mol. The van der Waals surface area contributed by atoms with Gasteiger partial charge in [0, 0.05) is 6.42 Å². The Balaban J connectivity index is 3.06. The normalized spacial score (nSPS) is 11.0. The number of allylic oxidation sites excluding steroid dienone is 1. The van der Waals surface area contributed by atoms with Gasteiger partial charge in [0.2, 0.25) is 5.91 Å². The Hall–Kier alpha value is -1.32. The minimum absolute atomic E-state index is 0.314. The first-order valence-corrected chi connectivity index (χ1v) is 8.30. The van der Waals surface area contributed by atoms with Crippen LogP contribution in [0.1, 0.15) is 83.5 Å². The van der Waals surface area contributed by atoms with Crippen molar-refractivity contribution in [1.29, 1.82) is 0 Å². The molecular formula is C17H31NO3. The molecule has 0 aliphatic heterocycles. The molecule has 4 heteroatoms. The summed E-state index contributed by atoms with van der Waals surface area (Å²) >= 11 is 0. The zero-order valence-corrected chi connectivity index (χ0v) is 13.2. The Bertz CT molecular complexity index is 300. The van der Waals surface area contributed by atoms with Crippen LogP contribution in [0.2, 0.25) is 0 Å². The van der Waals surface area contributed by atoms with Crippen LogP contribution in [0.25, 0.3) is 0 Å². The van der Waals surface area contributed by atoms with Crippen molar-refractivity contribution in [3.63, 3.8) is 0 Å². The van der Waals surface area contributed by atoms with E-state index in [2.05, 4.69) is 0 Å². The smallest absolute Gasteiger partial charge is 0.303 e. The highest BCUT2D eigenvalue weighted by atomic mass is 16.4. The summed E-state index contributed by atoms with van der Waals surface area (Å²) in [7, 11) is 0. The number of amides is 1. The van der Waals surface area contributed by atoms with Crippen molar-refractivity contribution in [2.24, 2.45) is 5.73 Å². The average Bonchev–Trinajstić information content (AvgIpc) is 2.42. The minimum Gasteiger partial charge on any atom is -0.481 e. The molecule has 0 aliphatic carbocycles. The fraction of sp³-hybridized carbons (Fsp3) is 0.765. The topological polar surface area (TPSA) is 80.4 Å². The summed E-state index contributed by atoms with van der Waals surface area (Å²) in [6.45, 7) is 0. The second kappa shape index (κ2) is 15.1. The fourth-order valence-electron chi connectivity index (χ4n) is 2.33. The maximum absolute atomic E-state index is 10.5. The van der Waals surface area contributed by atoms with E-state index < -0.39 is 5.97 Å². The van der Waals surface area contributed by atoms with Crippen LogP contribution in [0.15, 0.2) is 12.2 Å². The zero-order chi connectivity index (χ0) is 15.8. The molecule has 3 N–H and O–H groups in total. The summed E-state index contributed by atoms with van der Waals surface area (Å²) < 4.78 is 0. The van der Waals surface area contributed by atoms with Gasteiger partial charge in [0.05, 0.1) is 0 Å². The number of hydrogen-bond acceptors (Lipinski definition) is 2. The summed E-state index contributed by atoms with van der Waals surface area (Å²) in [5.74, 6) is -1.04. The molecule has 0 heterocycles. The molecule has 0 rings (SSSR count). The molecule has 0 spiro atoms. The molecule has 0 aromatic carbocycles. The van der Waals surface area contributed by atoms with E-state index >= 15 is 0 Å². The number of nitrogens with two attached hydrogens (primary N) is 1. The van der Waals surface area contributed by atoms with Crippen molar-refractivity contribution in [1.82, 2.24) is 0 Å². The van der Waals surface area contributed by atoms with Gasteiger partial charge >= 0.3 is 5.97 Å². The predicted octanol–water partition coefficient (Wildman–Crippen LogP) is 4.18. The molecule has 0 unspecified atom stereocenters. The van der Waals surface area contributed by atoms with Crippen LogP contribution < -0.4 is 5.73 Å². The number of carboxylic acids is 1. The third-order valence-corrected chi connectivity index (χ3v) is 3.54. The van der Waals surface area contributed by atoms with Gasteiger partial charge in [-0.3, -0.25) is 9.59 Å². The molecule has 21 heavy (non-hydrogen) atoms. The zero-order valence-electron chi connectivity index (χ0n) is 13.2. The van der Waals surface area contributed by atoms with Crippen LogP contribution in [0, 0.1) is 0 Å². The van der Waals surface area contributed by atoms with Crippen molar-refractivity contribution in [3.05, 3.63) is 12.2 Å². The van der Waals surface area contributed by atoms with E-state index in [1.165, 1.54) is 57.4 Å². The maximum atomic E-state index is 10.5. The molecule has 0 aromatic rings. The molecule has 122 valence electrons. The highest BCUT2D eigenvalue weighted by Crippen LogP contribution is 2.12. The first-order chi connectivity index (χ1) is 10.1. The summed E-state index contributed by atoms with van der Waals surface area (Å²) in [5, 5.41) is 8.50. The average molecular weight is 297 g/mol. The van der Waals surface area contributed by atoms with E-state index in [9.17, 15) is 9.59 Å². The highest BCUT2D eigenvalue weighted by molar-refractivity contribution is 5.85. The molecule has 0 saturated carbocycles. The summed E-state index contributed by atoms with van der Waals surface area (Å²) in [6.07, 6.45) is 17.6. The van der Waals surface area contributed by atoms with Gasteiger partial charge in [-0.05, 0) is 25.3 Å². The van der Waals surface area contributed by atoms with E-state index in [0.29, 0.717) is 6.42 Å². The van der Waals surface area contributed by atoms with Crippen molar-refractivity contribution >= 4 is 11.9 Å². The lowest BCUT2D eigenvalue weighted by Gasteiger charge is -2.02. The molecular weight excluding hydrogens is 266 g/mol. The number of unbranched alkanes of at least 4 members (excludes halogenated alkanes) is 11. The predicted molar refractivity (Wildman–Crippen MR) is 86.0 cm³/mol.